The Morgan fingerprint density at radius 1 is 0.926 bits per heavy atom. The topological polar surface area (TPSA) is 79.4 Å². The Labute approximate surface area is 158 Å². The number of hydrogen-bond acceptors (Lipinski definition) is 4. The molecule has 1 aliphatic rings. The summed E-state index contributed by atoms with van der Waals surface area (Å²) in [6.45, 7) is 2.96. The first kappa shape index (κ1) is 18.8. The number of aromatic nitrogens is 1. The van der Waals surface area contributed by atoms with E-state index in [1.165, 1.54) is 19.2 Å². The molecule has 1 saturated heterocycles. The van der Waals surface area contributed by atoms with Gasteiger partial charge in [0.05, 0.1) is 0 Å². The van der Waals surface area contributed by atoms with Crippen molar-refractivity contribution in [2.75, 3.05) is 18.4 Å². The number of likely N-dealkylation sites (tertiary alicyclic amines) is 1. The van der Waals surface area contributed by atoms with Crippen LogP contribution in [0.4, 0.5) is 5.69 Å². The van der Waals surface area contributed by atoms with Gasteiger partial charge in [-0.25, -0.2) is 0 Å². The average molecular weight is 365 g/mol. The monoisotopic (exact) mass is 365 g/mol. The minimum atomic E-state index is -0.321. The molecule has 1 fully saturated rings. The van der Waals surface area contributed by atoms with E-state index in [4.69, 9.17) is 0 Å². The van der Waals surface area contributed by atoms with E-state index in [9.17, 15) is 14.4 Å². The summed E-state index contributed by atoms with van der Waals surface area (Å²) in [7, 11) is 0. The van der Waals surface area contributed by atoms with Crippen LogP contribution in [0.2, 0.25) is 0 Å². The summed E-state index contributed by atoms with van der Waals surface area (Å²) in [6.07, 6.45) is 5.77. The van der Waals surface area contributed by atoms with Crippen LogP contribution in [-0.4, -0.2) is 40.6 Å². The Morgan fingerprint density at radius 3 is 2.22 bits per heavy atom. The normalized spacial score (nSPS) is 14.3. The number of rotatable bonds is 4. The summed E-state index contributed by atoms with van der Waals surface area (Å²) in [4.78, 5) is 42.5. The molecule has 6 nitrogen and oxygen atoms in total. The van der Waals surface area contributed by atoms with E-state index in [0.717, 1.165) is 38.8 Å². The van der Waals surface area contributed by atoms with Crippen LogP contribution >= 0.6 is 0 Å². The summed E-state index contributed by atoms with van der Waals surface area (Å²) in [5.41, 5.74) is 1.83. The van der Waals surface area contributed by atoms with E-state index in [1.807, 2.05) is 4.90 Å². The van der Waals surface area contributed by atoms with Crippen molar-refractivity contribution in [2.24, 2.45) is 0 Å². The third-order valence-corrected chi connectivity index (χ3v) is 4.68. The molecule has 0 bridgehead atoms. The molecular formula is C21H23N3O3. The van der Waals surface area contributed by atoms with Gasteiger partial charge < -0.3 is 10.2 Å². The first-order valence-corrected chi connectivity index (χ1v) is 9.22. The number of anilines is 1. The van der Waals surface area contributed by atoms with Crippen molar-refractivity contribution in [3.63, 3.8) is 0 Å². The van der Waals surface area contributed by atoms with E-state index in [-0.39, 0.29) is 23.3 Å². The highest BCUT2D eigenvalue weighted by Crippen LogP contribution is 2.15. The highest BCUT2D eigenvalue weighted by molar-refractivity contribution is 6.06. The number of hydrogen-bond donors (Lipinski definition) is 1. The predicted molar refractivity (Wildman–Crippen MR) is 103 cm³/mol. The van der Waals surface area contributed by atoms with Crippen molar-refractivity contribution in [1.29, 1.82) is 0 Å². The largest absolute Gasteiger partial charge is 0.337 e. The second-order valence-corrected chi connectivity index (χ2v) is 6.72. The summed E-state index contributed by atoms with van der Waals surface area (Å²) in [6, 6.07) is 9.81. The number of ketones is 1. The van der Waals surface area contributed by atoms with E-state index >= 15 is 0 Å². The SMILES string of the molecule is CC(=O)c1ccc(NC(=O)c2ccnc(C(=O)N3CCCCCC3)c2)cc1. The predicted octanol–water partition coefficient (Wildman–Crippen LogP) is 3.55. The molecular weight excluding hydrogens is 342 g/mol. The molecule has 1 aliphatic heterocycles. The lowest BCUT2D eigenvalue weighted by Crippen LogP contribution is -2.32. The number of nitrogens with zero attached hydrogens (tertiary/aromatic N) is 2. The summed E-state index contributed by atoms with van der Waals surface area (Å²) in [5.74, 6) is -0.478. The van der Waals surface area contributed by atoms with Crippen LogP contribution in [0, 0.1) is 0 Å². The minimum Gasteiger partial charge on any atom is -0.337 e. The van der Waals surface area contributed by atoms with Crippen LogP contribution in [0.15, 0.2) is 42.6 Å². The molecule has 0 aliphatic carbocycles. The van der Waals surface area contributed by atoms with Crippen LogP contribution in [0.25, 0.3) is 0 Å². The molecule has 0 saturated carbocycles. The standard InChI is InChI=1S/C21H23N3O3/c1-15(25)16-6-8-18(9-7-16)23-20(26)17-10-11-22-19(14-17)21(27)24-12-4-2-3-5-13-24/h6-11,14H,2-5,12-13H2,1H3,(H,23,26). The van der Waals surface area contributed by atoms with E-state index in [2.05, 4.69) is 10.3 Å². The molecule has 0 radical (unpaired) electrons. The third kappa shape index (κ3) is 4.78. The molecule has 0 spiro atoms. The minimum absolute atomic E-state index is 0.0290. The van der Waals surface area contributed by atoms with Crippen LogP contribution in [-0.2, 0) is 0 Å². The number of nitrogens with one attached hydrogen (secondary N) is 1. The fourth-order valence-electron chi connectivity index (χ4n) is 3.12. The van der Waals surface area contributed by atoms with Gasteiger partial charge in [-0.15, -0.1) is 0 Å². The molecule has 3 rings (SSSR count). The van der Waals surface area contributed by atoms with Crippen molar-refractivity contribution in [2.45, 2.75) is 32.6 Å². The number of amides is 2. The van der Waals surface area contributed by atoms with Gasteiger partial charge in [0.25, 0.3) is 11.8 Å². The van der Waals surface area contributed by atoms with Gasteiger partial charge in [-0.3, -0.25) is 19.4 Å². The van der Waals surface area contributed by atoms with Gasteiger partial charge in [-0.2, -0.15) is 0 Å². The van der Waals surface area contributed by atoms with Gasteiger partial charge in [0.2, 0.25) is 0 Å². The first-order chi connectivity index (χ1) is 13.0. The van der Waals surface area contributed by atoms with Crippen LogP contribution < -0.4 is 5.32 Å². The lowest BCUT2D eigenvalue weighted by Gasteiger charge is -2.19. The highest BCUT2D eigenvalue weighted by atomic mass is 16.2. The van der Waals surface area contributed by atoms with Crippen molar-refractivity contribution >= 4 is 23.3 Å². The highest BCUT2D eigenvalue weighted by Gasteiger charge is 2.19. The van der Waals surface area contributed by atoms with Crippen LogP contribution in [0.1, 0.15) is 63.8 Å². The molecule has 2 aromatic rings. The second-order valence-electron chi connectivity index (χ2n) is 6.72. The van der Waals surface area contributed by atoms with Crippen molar-refractivity contribution in [3.8, 4) is 0 Å². The number of carbonyl (C=O) groups excluding carboxylic acids is 3. The van der Waals surface area contributed by atoms with Crippen molar-refractivity contribution < 1.29 is 14.4 Å². The molecule has 2 heterocycles. The fraction of sp³-hybridized carbons (Fsp3) is 0.333. The van der Waals surface area contributed by atoms with Crippen molar-refractivity contribution in [3.05, 3.63) is 59.4 Å². The fourth-order valence-corrected chi connectivity index (χ4v) is 3.12. The number of pyridine rings is 1. The van der Waals surface area contributed by atoms with Crippen LogP contribution in [0.5, 0.6) is 0 Å². The smallest absolute Gasteiger partial charge is 0.272 e. The zero-order valence-corrected chi connectivity index (χ0v) is 15.4. The molecule has 6 heteroatoms. The molecule has 0 unspecified atom stereocenters. The molecule has 0 atom stereocenters. The zero-order valence-electron chi connectivity index (χ0n) is 15.4. The van der Waals surface area contributed by atoms with Gasteiger partial charge in [-0.1, -0.05) is 12.8 Å². The van der Waals surface area contributed by atoms with E-state index in [1.54, 1.807) is 30.3 Å². The Kier molecular flexibility index (Phi) is 5.96. The lowest BCUT2D eigenvalue weighted by molar-refractivity contribution is 0.0755. The summed E-state index contributed by atoms with van der Waals surface area (Å²) < 4.78 is 0. The zero-order chi connectivity index (χ0) is 19.2. The number of benzene rings is 1. The Morgan fingerprint density at radius 2 is 1.59 bits per heavy atom. The first-order valence-electron chi connectivity index (χ1n) is 9.22. The molecule has 1 aromatic heterocycles. The maximum Gasteiger partial charge on any atom is 0.272 e. The van der Waals surface area contributed by atoms with Gasteiger partial charge >= 0.3 is 0 Å². The lowest BCUT2D eigenvalue weighted by atomic mass is 10.1. The molecule has 1 aromatic carbocycles. The molecule has 140 valence electrons. The van der Waals surface area contributed by atoms with Gasteiger partial charge in [0.1, 0.15) is 5.69 Å². The second kappa shape index (κ2) is 8.58. The van der Waals surface area contributed by atoms with Gasteiger partial charge in [0, 0.05) is 36.1 Å². The molecule has 1 N–H and O–H groups in total. The van der Waals surface area contributed by atoms with Crippen molar-refractivity contribution in [1.82, 2.24) is 9.88 Å². The van der Waals surface area contributed by atoms with Gasteiger partial charge in [0.15, 0.2) is 5.78 Å². The van der Waals surface area contributed by atoms with Crippen LogP contribution in [0.3, 0.4) is 0 Å². The maximum absolute atomic E-state index is 12.7. The van der Waals surface area contributed by atoms with E-state index in [0.29, 0.717) is 16.8 Å². The quantitative estimate of drug-likeness (QED) is 0.840. The molecule has 2 amide bonds. The number of Topliss-reactive ketones (excluding diaryl/α,β-unsaturated/α-hetero) is 1. The van der Waals surface area contributed by atoms with E-state index < -0.39 is 0 Å². The van der Waals surface area contributed by atoms with Gasteiger partial charge in [-0.05, 0) is 56.2 Å². The summed E-state index contributed by atoms with van der Waals surface area (Å²) in [5, 5.41) is 2.78. The Balaban J connectivity index is 1.71. The summed E-state index contributed by atoms with van der Waals surface area (Å²) >= 11 is 0. The average Bonchev–Trinajstić information content (AvgIpc) is 2.97. The Bertz CT molecular complexity index is 838. The molecule has 27 heavy (non-hydrogen) atoms. The Hall–Kier alpha value is -3.02. The number of carbonyl (C=O) groups is 3. The maximum atomic E-state index is 12.7. The third-order valence-electron chi connectivity index (χ3n) is 4.68.